The summed E-state index contributed by atoms with van der Waals surface area (Å²) in [6.45, 7) is 9.75. The van der Waals surface area contributed by atoms with Gasteiger partial charge in [-0.25, -0.2) is 0 Å². The minimum atomic E-state index is -3.02. The Morgan fingerprint density at radius 3 is 1.61 bits per heavy atom. The molecule has 1 unspecified atom stereocenters. The summed E-state index contributed by atoms with van der Waals surface area (Å²) in [6, 6.07) is 19.8. The van der Waals surface area contributed by atoms with Crippen molar-refractivity contribution in [1.29, 1.82) is 0 Å². The molecule has 38 heavy (non-hydrogen) atoms. The van der Waals surface area contributed by atoms with Crippen molar-refractivity contribution in [1.82, 2.24) is 0 Å². The molecule has 0 amide bonds. The lowest BCUT2D eigenvalue weighted by atomic mass is 9.98. The fourth-order valence-electron chi connectivity index (χ4n) is 4.97. The van der Waals surface area contributed by atoms with E-state index >= 15 is 0 Å². The Labute approximate surface area is 224 Å². The molecule has 2 aromatic rings. The van der Waals surface area contributed by atoms with E-state index in [0.29, 0.717) is 0 Å². The molecule has 1 heterocycles. The monoisotopic (exact) mass is 544 g/mol. The minimum Gasteiger partial charge on any atom is -0.456 e. The zero-order chi connectivity index (χ0) is 28.1. The summed E-state index contributed by atoms with van der Waals surface area (Å²) in [5.74, 6) is -2.09. The summed E-state index contributed by atoms with van der Waals surface area (Å²) in [6.07, 6.45) is -6.60. The second kappa shape index (κ2) is 12.2. The average Bonchev–Trinajstić information content (AvgIpc) is 2.83. The van der Waals surface area contributed by atoms with Gasteiger partial charge in [0.05, 0.1) is 6.61 Å². The molecular weight excluding hydrogens is 508 g/mol. The Morgan fingerprint density at radius 1 is 0.763 bits per heavy atom. The molecular formula is C28H36O9Si. The summed E-state index contributed by atoms with van der Waals surface area (Å²) in [4.78, 5) is 35.8. The van der Waals surface area contributed by atoms with Crippen molar-refractivity contribution in [2.24, 2.45) is 0 Å². The van der Waals surface area contributed by atoms with E-state index < -0.39 is 56.9 Å². The molecule has 206 valence electrons. The maximum absolute atomic E-state index is 12.1. The fraction of sp³-hybridized carbons (Fsp3) is 0.464. The quantitative estimate of drug-likeness (QED) is 0.303. The number of esters is 3. The Hall–Kier alpha value is -3.05. The SMILES string of the molecule is CC(=O)O[C@@H]1[C@H](OC(C)=O)[C@@H](OC(C)=O)C(O)O[C@@H]1CO[Si](c1ccccc1)(c1ccccc1)C(C)(C)C. The van der Waals surface area contributed by atoms with Gasteiger partial charge in [0.2, 0.25) is 0 Å². The predicted octanol–water partition coefficient (Wildman–Crippen LogP) is 2.08. The third-order valence-electron chi connectivity index (χ3n) is 6.40. The van der Waals surface area contributed by atoms with Crippen LogP contribution in [0.3, 0.4) is 0 Å². The van der Waals surface area contributed by atoms with Crippen LogP contribution in [0.4, 0.5) is 0 Å². The first kappa shape index (κ1) is 29.5. The number of carbonyl (C=O) groups is 3. The lowest BCUT2D eigenvalue weighted by Crippen LogP contribution is -2.68. The maximum atomic E-state index is 12.1. The summed E-state index contributed by atoms with van der Waals surface area (Å²) in [7, 11) is -3.02. The molecule has 2 aromatic carbocycles. The molecule has 0 aromatic heterocycles. The Balaban J connectivity index is 2.06. The van der Waals surface area contributed by atoms with Crippen LogP contribution in [0, 0.1) is 0 Å². The third-order valence-corrected chi connectivity index (χ3v) is 11.4. The highest BCUT2D eigenvalue weighted by Crippen LogP contribution is 2.38. The molecule has 0 radical (unpaired) electrons. The van der Waals surface area contributed by atoms with Crippen molar-refractivity contribution in [3.05, 3.63) is 60.7 Å². The van der Waals surface area contributed by atoms with Gasteiger partial charge in [0.15, 0.2) is 24.6 Å². The zero-order valence-electron chi connectivity index (χ0n) is 22.6. The lowest BCUT2D eigenvalue weighted by molar-refractivity contribution is -0.294. The van der Waals surface area contributed by atoms with Crippen LogP contribution in [-0.2, 0) is 37.8 Å². The molecule has 0 bridgehead atoms. The van der Waals surface area contributed by atoms with E-state index in [9.17, 15) is 19.5 Å². The van der Waals surface area contributed by atoms with E-state index in [1.165, 1.54) is 13.8 Å². The number of hydrogen-bond acceptors (Lipinski definition) is 9. The smallest absolute Gasteiger partial charge is 0.303 e. The second-order valence-electron chi connectivity index (χ2n) is 10.3. The molecule has 1 N–H and O–H groups in total. The number of carbonyl (C=O) groups excluding carboxylic acids is 3. The highest BCUT2D eigenvalue weighted by molar-refractivity contribution is 6.99. The number of aliphatic hydroxyl groups is 1. The van der Waals surface area contributed by atoms with Gasteiger partial charge in [0.25, 0.3) is 8.32 Å². The van der Waals surface area contributed by atoms with Crippen LogP contribution in [0.5, 0.6) is 0 Å². The summed E-state index contributed by atoms with van der Waals surface area (Å²) in [5.41, 5.74) is 0. The van der Waals surface area contributed by atoms with Crippen molar-refractivity contribution < 1.29 is 42.9 Å². The molecule has 1 aliphatic rings. The van der Waals surface area contributed by atoms with Gasteiger partial charge in [0.1, 0.15) is 6.10 Å². The highest BCUT2D eigenvalue weighted by Gasteiger charge is 2.54. The maximum Gasteiger partial charge on any atom is 0.303 e. The molecule has 5 atom stereocenters. The molecule has 9 nitrogen and oxygen atoms in total. The lowest BCUT2D eigenvalue weighted by Gasteiger charge is -2.46. The first-order chi connectivity index (χ1) is 17.9. The number of ether oxygens (including phenoxy) is 4. The van der Waals surface area contributed by atoms with Crippen molar-refractivity contribution in [2.75, 3.05) is 6.61 Å². The van der Waals surface area contributed by atoms with Crippen LogP contribution in [0.25, 0.3) is 0 Å². The van der Waals surface area contributed by atoms with Crippen LogP contribution in [-0.4, -0.2) is 68.6 Å². The topological polar surface area (TPSA) is 118 Å². The van der Waals surface area contributed by atoms with E-state index in [1.54, 1.807) is 0 Å². The van der Waals surface area contributed by atoms with E-state index in [-0.39, 0.29) is 11.6 Å². The molecule has 3 rings (SSSR count). The van der Waals surface area contributed by atoms with E-state index in [2.05, 4.69) is 20.8 Å². The number of hydrogen-bond donors (Lipinski definition) is 1. The van der Waals surface area contributed by atoms with Gasteiger partial charge in [-0.15, -0.1) is 0 Å². The third kappa shape index (κ3) is 6.50. The van der Waals surface area contributed by atoms with Crippen molar-refractivity contribution in [3.8, 4) is 0 Å². The Bertz CT molecular complexity index is 1060. The molecule has 0 spiro atoms. The molecule has 10 heteroatoms. The van der Waals surface area contributed by atoms with Crippen molar-refractivity contribution in [3.63, 3.8) is 0 Å². The number of rotatable bonds is 8. The van der Waals surface area contributed by atoms with Gasteiger partial charge in [0, 0.05) is 20.8 Å². The number of benzene rings is 2. The summed E-state index contributed by atoms with van der Waals surface area (Å²) < 4.78 is 28.9. The van der Waals surface area contributed by atoms with Crippen LogP contribution in [0.2, 0.25) is 5.04 Å². The standard InChI is InChI=1S/C28H36O9Si/c1-18(29)34-24-23(37-27(32)26(36-20(3)31)25(24)35-19(2)30)17-33-38(28(4,5)6,21-13-9-7-10-14-21)22-15-11-8-12-16-22/h7-16,23-27,32H,17H2,1-6H3/t23-,24+,25+,26-,27?/m1/s1. The molecule has 1 saturated heterocycles. The molecule has 1 aliphatic heterocycles. The van der Waals surface area contributed by atoms with Crippen molar-refractivity contribution >= 4 is 36.6 Å². The van der Waals surface area contributed by atoms with Gasteiger partial charge >= 0.3 is 17.9 Å². The minimum absolute atomic E-state index is 0.104. The van der Waals surface area contributed by atoms with Gasteiger partial charge < -0.3 is 28.5 Å². The second-order valence-corrected chi connectivity index (χ2v) is 14.6. The number of aliphatic hydroxyl groups excluding tert-OH is 1. The van der Waals surface area contributed by atoms with Crippen LogP contribution >= 0.6 is 0 Å². The summed E-state index contributed by atoms with van der Waals surface area (Å²) in [5, 5.41) is 12.5. The van der Waals surface area contributed by atoms with Gasteiger partial charge in [-0.2, -0.15) is 0 Å². The fourth-order valence-corrected chi connectivity index (χ4v) is 9.54. The van der Waals surface area contributed by atoms with Gasteiger partial charge in [-0.1, -0.05) is 81.4 Å². The van der Waals surface area contributed by atoms with Crippen LogP contribution in [0.1, 0.15) is 41.5 Å². The van der Waals surface area contributed by atoms with Gasteiger partial charge in [-0.05, 0) is 15.4 Å². The molecule has 0 aliphatic carbocycles. The van der Waals surface area contributed by atoms with E-state index in [0.717, 1.165) is 17.3 Å². The largest absolute Gasteiger partial charge is 0.456 e. The summed E-state index contributed by atoms with van der Waals surface area (Å²) >= 11 is 0. The van der Waals surface area contributed by atoms with Crippen molar-refractivity contribution in [2.45, 2.75) is 77.3 Å². The Kier molecular flexibility index (Phi) is 9.48. The zero-order valence-corrected chi connectivity index (χ0v) is 23.6. The van der Waals surface area contributed by atoms with Crippen LogP contribution < -0.4 is 10.4 Å². The van der Waals surface area contributed by atoms with Crippen LogP contribution in [0.15, 0.2) is 60.7 Å². The molecule has 1 fully saturated rings. The highest BCUT2D eigenvalue weighted by atomic mass is 28.4. The van der Waals surface area contributed by atoms with E-state index in [1.807, 2.05) is 60.7 Å². The molecule has 0 saturated carbocycles. The normalized spacial score (nSPS) is 23.8. The first-order valence-corrected chi connectivity index (χ1v) is 14.4. The average molecular weight is 545 g/mol. The Morgan fingerprint density at radius 2 is 1.18 bits per heavy atom. The predicted molar refractivity (Wildman–Crippen MR) is 141 cm³/mol. The first-order valence-electron chi connectivity index (χ1n) is 12.5. The van der Waals surface area contributed by atoms with E-state index in [4.69, 9.17) is 23.4 Å². The van der Waals surface area contributed by atoms with Gasteiger partial charge in [-0.3, -0.25) is 14.4 Å².